The van der Waals surface area contributed by atoms with Crippen LogP contribution >= 0.6 is 11.3 Å². The van der Waals surface area contributed by atoms with E-state index in [0.717, 1.165) is 32.7 Å². The quantitative estimate of drug-likeness (QED) is 0.483. The minimum atomic E-state index is -0.363. The summed E-state index contributed by atoms with van der Waals surface area (Å²) in [6.45, 7) is 7.98. The van der Waals surface area contributed by atoms with Crippen LogP contribution < -0.4 is 10.1 Å². The van der Waals surface area contributed by atoms with E-state index in [0.29, 0.717) is 16.5 Å². The number of hydrogen-bond donors (Lipinski definition) is 1. The van der Waals surface area contributed by atoms with Crippen molar-refractivity contribution < 1.29 is 14.1 Å². The first-order valence-electron chi connectivity index (χ1n) is 9.25. The summed E-state index contributed by atoms with van der Waals surface area (Å²) >= 11 is 1.43. The number of carbonyl (C=O) groups excluding carboxylic acids is 1. The molecule has 2 heterocycles. The number of aryl methyl sites for hydroxylation is 4. The fourth-order valence-electron chi connectivity index (χ4n) is 3.15. The number of anilines is 1. The second kappa shape index (κ2) is 7.67. The van der Waals surface area contributed by atoms with E-state index in [4.69, 9.17) is 9.26 Å². The molecule has 0 atom stereocenters. The van der Waals surface area contributed by atoms with Crippen molar-refractivity contribution in [3.05, 3.63) is 70.1 Å². The van der Waals surface area contributed by atoms with E-state index in [2.05, 4.69) is 15.5 Å². The van der Waals surface area contributed by atoms with Crippen molar-refractivity contribution in [3.8, 4) is 5.75 Å². The van der Waals surface area contributed by atoms with E-state index in [-0.39, 0.29) is 18.2 Å². The number of benzene rings is 2. The minimum absolute atomic E-state index is 0.197. The van der Waals surface area contributed by atoms with Gasteiger partial charge in [0.2, 0.25) is 0 Å². The summed E-state index contributed by atoms with van der Waals surface area (Å²) in [5, 5.41) is 7.30. The highest BCUT2D eigenvalue weighted by atomic mass is 32.1. The van der Waals surface area contributed by atoms with Gasteiger partial charge in [-0.3, -0.25) is 10.1 Å². The maximum absolute atomic E-state index is 12.8. The summed E-state index contributed by atoms with van der Waals surface area (Å²) in [6.07, 6.45) is 0. The zero-order valence-corrected chi connectivity index (χ0v) is 17.5. The Bertz CT molecular complexity index is 1190. The molecule has 0 unspecified atom stereocenters. The van der Waals surface area contributed by atoms with Crippen LogP contribution in [0.15, 0.2) is 40.9 Å². The molecule has 0 fully saturated rings. The number of nitrogens with one attached hydrogen (secondary N) is 1. The Morgan fingerprint density at radius 1 is 1.14 bits per heavy atom. The number of aromatic nitrogens is 2. The van der Waals surface area contributed by atoms with Crippen LogP contribution in [0.2, 0.25) is 0 Å². The summed E-state index contributed by atoms with van der Waals surface area (Å²) in [5.74, 6) is 1.00. The molecule has 1 N–H and O–H groups in total. The number of amides is 1. The Labute approximate surface area is 172 Å². The van der Waals surface area contributed by atoms with Crippen LogP contribution in [0.1, 0.15) is 38.5 Å². The molecule has 0 bridgehead atoms. The Morgan fingerprint density at radius 2 is 1.90 bits per heavy atom. The van der Waals surface area contributed by atoms with Crippen molar-refractivity contribution in [2.75, 3.05) is 5.32 Å². The van der Waals surface area contributed by atoms with Crippen LogP contribution in [-0.4, -0.2) is 16.0 Å². The highest BCUT2D eigenvalue weighted by Crippen LogP contribution is 2.28. The molecule has 148 valence electrons. The van der Waals surface area contributed by atoms with E-state index in [1.165, 1.54) is 11.3 Å². The van der Waals surface area contributed by atoms with Crippen molar-refractivity contribution in [2.24, 2.45) is 0 Å². The maximum atomic E-state index is 12.8. The van der Waals surface area contributed by atoms with Crippen LogP contribution in [0.25, 0.3) is 10.2 Å². The van der Waals surface area contributed by atoms with Crippen LogP contribution in [-0.2, 0) is 6.61 Å². The number of hydrogen-bond acceptors (Lipinski definition) is 6. The standard InChI is InChI=1S/C22H21N3O3S/c1-12-8-9-17-18(10-12)29-22(23-17)24-21(26)19-16(15(4)28-25-19)11-27-20-13(2)6-5-7-14(20)3/h5-10H,11H2,1-4H3,(H,23,24,26). The van der Waals surface area contributed by atoms with Gasteiger partial charge >= 0.3 is 0 Å². The molecule has 0 radical (unpaired) electrons. The highest BCUT2D eigenvalue weighted by Gasteiger charge is 2.22. The molecule has 0 aliphatic rings. The minimum Gasteiger partial charge on any atom is -0.488 e. The van der Waals surface area contributed by atoms with Crippen molar-refractivity contribution in [2.45, 2.75) is 34.3 Å². The Balaban J connectivity index is 1.55. The number of rotatable bonds is 5. The van der Waals surface area contributed by atoms with Crippen LogP contribution in [0.5, 0.6) is 5.75 Å². The van der Waals surface area contributed by atoms with Crippen molar-refractivity contribution in [1.29, 1.82) is 0 Å². The van der Waals surface area contributed by atoms with Crippen LogP contribution in [0, 0.1) is 27.7 Å². The Morgan fingerprint density at radius 3 is 2.66 bits per heavy atom. The average molecular weight is 407 g/mol. The molecule has 2 aromatic heterocycles. The molecule has 6 nitrogen and oxygen atoms in total. The van der Waals surface area contributed by atoms with E-state index in [1.54, 1.807) is 6.92 Å². The third kappa shape index (κ3) is 3.86. The SMILES string of the molecule is Cc1ccc2nc(NC(=O)c3noc(C)c3COc3c(C)cccc3C)sc2c1. The number of para-hydroxylation sites is 1. The lowest BCUT2D eigenvalue weighted by Gasteiger charge is -2.11. The van der Waals surface area contributed by atoms with E-state index < -0.39 is 0 Å². The smallest absolute Gasteiger partial charge is 0.280 e. The predicted octanol–water partition coefficient (Wildman–Crippen LogP) is 5.35. The van der Waals surface area contributed by atoms with Gasteiger partial charge in [-0.05, 0) is 56.5 Å². The monoisotopic (exact) mass is 407 g/mol. The lowest BCUT2D eigenvalue weighted by atomic mass is 10.1. The second-order valence-corrected chi connectivity index (χ2v) is 8.05. The summed E-state index contributed by atoms with van der Waals surface area (Å²) in [5.41, 5.74) is 4.92. The van der Waals surface area contributed by atoms with Gasteiger partial charge in [-0.1, -0.05) is 40.8 Å². The summed E-state index contributed by atoms with van der Waals surface area (Å²) in [6, 6.07) is 12.0. The number of nitrogens with zero attached hydrogens (tertiary/aromatic N) is 2. The molecule has 2 aromatic carbocycles. The molecular weight excluding hydrogens is 386 g/mol. The normalized spacial score (nSPS) is 11.0. The Kier molecular flexibility index (Phi) is 5.07. The molecule has 0 saturated carbocycles. The number of ether oxygens (including phenoxy) is 1. The summed E-state index contributed by atoms with van der Waals surface area (Å²) < 4.78 is 12.3. The largest absolute Gasteiger partial charge is 0.488 e. The lowest BCUT2D eigenvalue weighted by Crippen LogP contribution is -2.15. The van der Waals surface area contributed by atoms with Crippen LogP contribution in [0.3, 0.4) is 0 Å². The molecule has 4 aromatic rings. The molecular formula is C22H21N3O3S. The third-order valence-corrected chi connectivity index (χ3v) is 5.67. The summed E-state index contributed by atoms with van der Waals surface area (Å²) in [4.78, 5) is 17.3. The van der Waals surface area contributed by atoms with Gasteiger partial charge in [0.15, 0.2) is 10.8 Å². The van der Waals surface area contributed by atoms with Crippen molar-refractivity contribution in [3.63, 3.8) is 0 Å². The van der Waals surface area contributed by atoms with E-state index in [9.17, 15) is 4.79 Å². The first kappa shape index (κ1) is 19.1. The topological polar surface area (TPSA) is 77.3 Å². The molecule has 0 aliphatic carbocycles. The van der Waals surface area contributed by atoms with Gasteiger partial charge in [-0.15, -0.1) is 0 Å². The van der Waals surface area contributed by atoms with Gasteiger partial charge in [-0.25, -0.2) is 4.98 Å². The lowest BCUT2D eigenvalue weighted by molar-refractivity contribution is 0.101. The van der Waals surface area contributed by atoms with Gasteiger partial charge in [0.1, 0.15) is 18.1 Å². The molecule has 4 rings (SSSR count). The van der Waals surface area contributed by atoms with Crippen molar-refractivity contribution in [1.82, 2.24) is 10.1 Å². The first-order chi connectivity index (χ1) is 13.9. The zero-order chi connectivity index (χ0) is 20.5. The fourth-order valence-corrected chi connectivity index (χ4v) is 4.11. The number of carbonyl (C=O) groups is 1. The molecule has 29 heavy (non-hydrogen) atoms. The first-order valence-corrected chi connectivity index (χ1v) is 10.1. The highest BCUT2D eigenvalue weighted by molar-refractivity contribution is 7.22. The number of fused-ring (bicyclic) bond motifs is 1. The number of thiazole rings is 1. The molecule has 7 heteroatoms. The molecule has 0 saturated heterocycles. The second-order valence-electron chi connectivity index (χ2n) is 7.02. The summed E-state index contributed by atoms with van der Waals surface area (Å²) in [7, 11) is 0. The molecule has 1 amide bonds. The zero-order valence-electron chi connectivity index (χ0n) is 16.7. The van der Waals surface area contributed by atoms with Gasteiger partial charge in [0, 0.05) is 0 Å². The van der Waals surface area contributed by atoms with E-state index in [1.807, 2.05) is 57.2 Å². The molecule has 0 aliphatic heterocycles. The third-order valence-electron chi connectivity index (χ3n) is 4.73. The maximum Gasteiger partial charge on any atom is 0.280 e. The van der Waals surface area contributed by atoms with Gasteiger partial charge in [0.05, 0.1) is 15.8 Å². The molecule has 0 spiro atoms. The van der Waals surface area contributed by atoms with Gasteiger partial charge < -0.3 is 9.26 Å². The van der Waals surface area contributed by atoms with Gasteiger partial charge in [-0.2, -0.15) is 0 Å². The fraction of sp³-hybridized carbons (Fsp3) is 0.227. The van der Waals surface area contributed by atoms with Crippen LogP contribution in [0.4, 0.5) is 5.13 Å². The predicted molar refractivity (Wildman–Crippen MR) is 114 cm³/mol. The average Bonchev–Trinajstić information content (AvgIpc) is 3.23. The Hall–Kier alpha value is -3.19. The van der Waals surface area contributed by atoms with Gasteiger partial charge in [0.25, 0.3) is 5.91 Å². The van der Waals surface area contributed by atoms with Crippen molar-refractivity contribution >= 4 is 32.6 Å². The van der Waals surface area contributed by atoms with E-state index >= 15 is 0 Å².